The Morgan fingerprint density at radius 1 is 1.29 bits per heavy atom. The van der Waals surface area contributed by atoms with E-state index in [4.69, 9.17) is 0 Å². The minimum Gasteiger partial charge on any atom is -0.361 e. The van der Waals surface area contributed by atoms with E-state index < -0.39 is 5.82 Å². The summed E-state index contributed by atoms with van der Waals surface area (Å²) in [5, 5.41) is 5.30. The number of aryl methyl sites for hydroxylation is 1. The maximum Gasteiger partial charge on any atom is 0.259 e. The molecule has 3 heterocycles. The molecule has 3 aromatic heterocycles. The second kappa shape index (κ2) is 6.15. The number of benzene rings is 1. The molecule has 142 valence electrons. The Labute approximate surface area is 160 Å². The van der Waals surface area contributed by atoms with Gasteiger partial charge < -0.3 is 14.9 Å². The van der Waals surface area contributed by atoms with Crippen molar-refractivity contribution < 1.29 is 4.39 Å². The summed E-state index contributed by atoms with van der Waals surface area (Å²) in [4.78, 5) is 24.4. The van der Waals surface area contributed by atoms with Gasteiger partial charge in [0.2, 0.25) is 0 Å². The lowest BCUT2D eigenvalue weighted by Gasteiger charge is -2.21. The van der Waals surface area contributed by atoms with Crippen LogP contribution in [0.3, 0.4) is 0 Å². The number of H-pyrrole nitrogens is 1. The third kappa shape index (κ3) is 2.58. The Bertz CT molecular complexity index is 1270. The van der Waals surface area contributed by atoms with Gasteiger partial charge in [0.1, 0.15) is 17.8 Å². The van der Waals surface area contributed by atoms with Crippen LogP contribution in [0.5, 0.6) is 0 Å². The molecule has 6 nitrogen and oxygen atoms in total. The van der Waals surface area contributed by atoms with E-state index in [2.05, 4.69) is 26.3 Å². The fourth-order valence-electron chi connectivity index (χ4n) is 3.93. The normalized spacial score (nSPS) is 15.2. The first-order valence-corrected chi connectivity index (χ1v) is 9.43. The van der Waals surface area contributed by atoms with E-state index in [1.54, 1.807) is 0 Å². The molecule has 1 fully saturated rings. The number of halogens is 1. The van der Waals surface area contributed by atoms with Crippen LogP contribution >= 0.6 is 0 Å². The number of nitrogens with one attached hydrogen (secondary N) is 2. The molecule has 1 saturated carbocycles. The van der Waals surface area contributed by atoms with Crippen molar-refractivity contribution in [2.45, 2.75) is 38.8 Å². The number of nitrogens with zero attached hydrogens (tertiary/aromatic N) is 3. The van der Waals surface area contributed by atoms with Gasteiger partial charge in [-0.2, -0.15) is 0 Å². The molecule has 0 spiro atoms. The first-order chi connectivity index (χ1) is 13.5. The Morgan fingerprint density at radius 3 is 2.89 bits per heavy atom. The summed E-state index contributed by atoms with van der Waals surface area (Å²) in [6.45, 7) is 3.93. The van der Waals surface area contributed by atoms with E-state index in [0.717, 1.165) is 34.9 Å². The molecule has 0 amide bonds. The van der Waals surface area contributed by atoms with Gasteiger partial charge in [0.15, 0.2) is 5.82 Å². The van der Waals surface area contributed by atoms with E-state index in [1.165, 1.54) is 12.5 Å². The van der Waals surface area contributed by atoms with Crippen LogP contribution in [0.15, 0.2) is 41.6 Å². The Hall–Kier alpha value is -3.22. The number of pyridine rings is 1. The SMILES string of the molecule is Cc1cccc2cc(C(C)Nc3ncnc4[nH]cc(F)c34)n(C3CC3)c(=O)c12. The number of aromatic nitrogens is 4. The molecule has 0 radical (unpaired) electrons. The smallest absolute Gasteiger partial charge is 0.259 e. The number of aromatic amines is 1. The molecule has 4 aromatic rings. The molecule has 0 bridgehead atoms. The van der Waals surface area contributed by atoms with Gasteiger partial charge in [0.05, 0.1) is 16.8 Å². The van der Waals surface area contributed by atoms with Crippen LogP contribution in [-0.2, 0) is 0 Å². The standard InChI is InChI=1S/C21H20FN5O/c1-11-4-3-5-13-8-16(27(14-6-7-14)21(28)17(11)13)12(2)26-20-18-15(22)9-23-19(18)24-10-25-20/h3-5,8-10,12,14H,6-7H2,1-2H3,(H2,23,24,25,26). The molecule has 0 aliphatic heterocycles. The van der Waals surface area contributed by atoms with Gasteiger partial charge in [0.25, 0.3) is 5.56 Å². The Balaban J connectivity index is 1.65. The highest BCUT2D eigenvalue weighted by atomic mass is 19.1. The van der Waals surface area contributed by atoms with E-state index in [-0.39, 0.29) is 17.6 Å². The zero-order valence-electron chi connectivity index (χ0n) is 15.7. The quantitative estimate of drug-likeness (QED) is 0.558. The van der Waals surface area contributed by atoms with Crippen LogP contribution in [0.25, 0.3) is 21.8 Å². The average Bonchev–Trinajstić information content (AvgIpc) is 3.44. The van der Waals surface area contributed by atoms with Crippen LogP contribution in [0, 0.1) is 12.7 Å². The fourth-order valence-corrected chi connectivity index (χ4v) is 3.93. The predicted octanol–water partition coefficient (Wildman–Crippen LogP) is 4.23. The minimum atomic E-state index is -0.404. The highest BCUT2D eigenvalue weighted by Gasteiger charge is 2.29. The summed E-state index contributed by atoms with van der Waals surface area (Å²) >= 11 is 0. The van der Waals surface area contributed by atoms with Gasteiger partial charge in [-0.3, -0.25) is 4.79 Å². The highest BCUT2D eigenvalue weighted by molar-refractivity contribution is 5.88. The van der Waals surface area contributed by atoms with Crippen molar-refractivity contribution in [3.63, 3.8) is 0 Å². The topological polar surface area (TPSA) is 75.6 Å². The average molecular weight is 377 g/mol. The largest absolute Gasteiger partial charge is 0.361 e. The molecule has 1 aromatic carbocycles. The second-order valence-electron chi connectivity index (χ2n) is 7.46. The zero-order valence-corrected chi connectivity index (χ0v) is 15.7. The first-order valence-electron chi connectivity index (χ1n) is 9.43. The highest BCUT2D eigenvalue weighted by Crippen LogP contribution is 2.37. The maximum absolute atomic E-state index is 14.2. The van der Waals surface area contributed by atoms with Crippen LogP contribution < -0.4 is 10.9 Å². The van der Waals surface area contributed by atoms with Gasteiger partial charge in [-0.1, -0.05) is 18.2 Å². The molecule has 0 saturated heterocycles. The second-order valence-corrected chi connectivity index (χ2v) is 7.46. The lowest BCUT2D eigenvalue weighted by Crippen LogP contribution is -2.26. The molecule has 5 rings (SSSR count). The third-order valence-corrected chi connectivity index (χ3v) is 5.45. The summed E-state index contributed by atoms with van der Waals surface area (Å²) < 4.78 is 16.1. The summed E-state index contributed by atoms with van der Waals surface area (Å²) in [6, 6.07) is 7.95. The van der Waals surface area contributed by atoms with Gasteiger partial charge >= 0.3 is 0 Å². The molecule has 1 aliphatic carbocycles. The van der Waals surface area contributed by atoms with Crippen molar-refractivity contribution in [3.8, 4) is 0 Å². The lowest BCUT2D eigenvalue weighted by molar-refractivity contribution is 0.632. The van der Waals surface area contributed by atoms with Gasteiger partial charge in [-0.25, -0.2) is 14.4 Å². The monoisotopic (exact) mass is 377 g/mol. The summed E-state index contributed by atoms with van der Waals surface area (Å²) in [6.07, 6.45) is 4.67. The molecular formula is C21H20FN5O. The van der Waals surface area contributed by atoms with E-state index in [1.807, 2.05) is 36.6 Å². The molecule has 7 heteroatoms. The fraction of sp³-hybridized carbons (Fsp3) is 0.286. The number of fused-ring (bicyclic) bond motifs is 2. The van der Waals surface area contributed by atoms with E-state index in [0.29, 0.717) is 16.9 Å². The van der Waals surface area contributed by atoms with Gasteiger partial charge in [-0.15, -0.1) is 0 Å². The van der Waals surface area contributed by atoms with Crippen molar-refractivity contribution in [3.05, 3.63) is 64.2 Å². The molecular weight excluding hydrogens is 357 g/mol. The summed E-state index contributed by atoms with van der Waals surface area (Å²) in [7, 11) is 0. The Morgan fingerprint density at radius 2 is 2.11 bits per heavy atom. The van der Waals surface area contributed by atoms with Crippen LogP contribution in [0.4, 0.5) is 10.2 Å². The van der Waals surface area contributed by atoms with E-state index in [9.17, 15) is 9.18 Å². The maximum atomic E-state index is 14.2. The summed E-state index contributed by atoms with van der Waals surface area (Å²) in [5.41, 5.74) is 2.35. The molecule has 1 atom stereocenters. The molecule has 1 unspecified atom stereocenters. The van der Waals surface area contributed by atoms with Crippen LogP contribution in [-0.4, -0.2) is 19.5 Å². The van der Waals surface area contributed by atoms with Gasteiger partial charge in [-0.05, 0) is 43.7 Å². The minimum absolute atomic E-state index is 0.0439. The van der Waals surface area contributed by atoms with Crippen LogP contribution in [0.1, 0.15) is 43.1 Å². The first kappa shape index (κ1) is 16.9. The zero-order chi connectivity index (χ0) is 19.4. The van der Waals surface area contributed by atoms with Crippen molar-refractivity contribution in [1.29, 1.82) is 0 Å². The van der Waals surface area contributed by atoms with Crippen molar-refractivity contribution in [2.24, 2.45) is 0 Å². The molecule has 1 aliphatic rings. The Kier molecular flexibility index (Phi) is 3.72. The van der Waals surface area contributed by atoms with Crippen molar-refractivity contribution in [1.82, 2.24) is 19.5 Å². The predicted molar refractivity (Wildman–Crippen MR) is 107 cm³/mol. The van der Waals surface area contributed by atoms with E-state index >= 15 is 0 Å². The third-order valence-electron chi connectivity index (χ3n) is 5.45. The number of hydrogen-bond donors (Lipinski definition) is 2. The number of hydrogen-bond acceptors (Lipinski definition) is 4. The van der Waals surface area contributed by atoms with Crippen molar-refractivity contribution >= 4 is 27.6 Å². The molecule has 2 N–H and O–H groups in total. The van der Waals surface area contributed by atoms with Crippen LogP contribution in [0.2, 0.25) is 0 Å². The van der Waals surface area contributed by atoms with Gasteiger partial charge in [0, 0.05) is 17.9 Å². The number of anilines is 1. The number of rotatable bonds is 4. The lowest BCUT2D eigenvalue weighted by atomic mass is 10.0. The van der Waals surface area contributed by atoms with Crippen molar-refractivity contribution in [2.75, 3.05) is 5.32 Å². The summed E-state index contributed by atoms with van der Waals surface area (Å²) in [5.74, 6) is 0.00871. The molecule has 28 heavy (non-hydrogen) atoms.